The summed E-state index contributed by atoms with van der Waals surface area (Å²) in [5, 5.41) is 13.7. The smallest absolute Gasteiger partial charge is 0.339 e. The molecule has 0 spiro atoms. The van der Waals surface area contributed by atoms with Crippen LogP contribution in [0.1, 0.15) is 17.3 Å². The van der Waals surface area contributed by atoms with Crippen molar-refractivity contribution in [1.29, 1.82) is 0 Å². The van der Waals surface area contributed by atoms with Crippen LogP contribution in [-0.4, -0.2) is 43.3 Å². The van der Waals surface area contributed by atoms with Gasteiger partial charge in [0, 0.05) is 13.2 Å². The number of hydrogen-bond donors (Lipinski definition) is 2. The lowest BCUT2D eigenvalue weighted by molar-refractivity contribution is -0.124. The average molecular weight is 317 g/mol. The molecule has 122 valence electrons. The fourth-order valence-electron chi connectivity index (χ4n) is 2.26. The van der Waals surface area contributed by atoms with Crippen LogP contribution in [0.3, 0.4) is 0 Å². The first-order valence-electron chi connectivity index (χ1n) is 7.18. The molecule has 0 aliphatic rings. The summed E-state index contributed by atoms with van der Waals surface area (Å²) < 4.78 is 10.3. The summed E-state index contributed by atoms with van der Waals surface area (Å²) in [5.41, 5.74) is 0.0291. The Kier molecular flexibility index (Phi) is 5.54. The lowest BCUT2D eigenvalue weighted by Gasteiger charge is -2.14. The Morgan fingerprint density at radius 3 is 2.48 bits per heavy atom. The summed E-state index contributed by atoms with van der Waals surface area (Å²) in [6, 6.07) is 10.4. The Bertz CT molecular complexity index is 713. The van der Waals surface area contributed by atoms with E-state index in [1.807, 2.05) is 24.3 Å². The molecule has 6 heteroatoms. The number of methoxy groups -OCH3 is 1. The molecule has 0 aromatic heterocycles. The summed E-state index contributed by atoms with van der Waals surface area (Å²) in [6.07, 6.45) is 0. The molecular formula is C17H19NO5. The third kappa shape index (κ3) is 4.43. The van der Waals surface area contributed by atoms with Gasteiger partial charge < -0.3 is 19.9 Å². The largest absolute Gasteiger partial charge is 0.483 e. The van der Waals surface area contributed by atoms with Gasteiger partial charge in [-0.15, -0.1) is 0 Å². The second-order valence-electron chi connectivity index (χ2n) is 5.21. The van der Waals surface area contributed by atoms with Crippen molar-refractivity contribution in [3.63, 3.8) is 0 Å². The third-order valence-electron chi connectivity index (χ3n) is 3.26. The molecule has 0 radical (unpaired) electrons. The van der Waals surface area contributed by atoms with Crippen molar-refractivity contribution in [1.82, 2.24) is 5.32 Å². The number of benzene rings is 2. The molecule has 6 nitrogen and oxygen atoms in total. The van der Waals surface area contributed by atoms with Gasteiger partial charge in [0.25, 0.3) is 5.91 Å². The van der Waals surface area contributed by atoms with Crippen LogP contribution in [-0.2, 0) is 9.53 Å². The van der Waals surface area contributed by atoms with Crippen molar-refractivity contribution < 1.29 is 24.2 Å². The van der Waals surface area contributed by atoms with Gasteiger partial charge in [0.05, 0.1) is 6.61 Å². The summed E-state index contributed by atoms with van der Waals surface area (Å²) in [5.74, 6) is -1.26. The van der Waals surface area contributed by atoms with E-state index in [2.05, 4.69) is 5.32 Å². The number of fused-ring (bicyclic) bond motifs is 1. The van der Waals surface area contributed by atoms with E-state index in [1.54, 1.807) is 26.2 Å². The second-order valence-corrected chi connectivity index (χ2v) is 5.21. The monoisotopic (exact) mass is 317 g/mol. The van der Waals surface area contributed by atoms with Gasteiger partial charge in [0.15, 0.2) is 6.61 Å². The molecule has 1 amide bonds. The van der Waals surface area contributed by atoms with Crippen LogP contribution in [0.2, 0.25) is 0 Å². The molecule has 0 aliphatic heterocycles. The minimum absolute atomic E-state index is 0.0291. The molecule has 0 aliphatic carbocycles. The van der Waals surface area contributed by atoms with Crippen LogP contribution in [0.25, 0.3) is 10.8 Å². The zero-order valence-corrected chi connectivity index (χ0v) is 13.0. The van der Waals surface area contributed by atoms with Gasteiger partial charge in [-0.2, -0.15) is 0 Å². The molecule has 23 heavy (non-hydrogen) atoms. The highest BCUT2D eigenvalue weighted by atomic mass is 16.5. The Morgan fingerprint density at radius 1 is 1.22 bits per heavy atom. The first-order valence-corrected chi connectivity index (χ1v) is 7.18. The molecule has 0 heterocycles. The molecule has 0 bridgehead atoms. The number of carboxylic acids is 1. The minimum atomic E-state index is -1.10. The number of carbonyl (C=O) groups excluding carboxylic acids is 1. The van der Waals surface area contributed by atoms with E-state index in [0.29, 0.717) is 6.61 Å². The molecular weight excluding hydrogens is 298 g/mol. The van der Waals surface area contributed by atoms with Gasteiger partial charge in [-0.1, -0.05) is 24.3 Å². The topological polar surface area (TPSA) is 84.9 Å². The van der Waals surface area contributed by atoms with Gasteiger partial charge in [-0.3, -0.25) is 4.79 Å². The lowest BCUT2D eigenvalue weighted by atomic mass is 10.1. The van der Waals surface area contributed by atoms with E-state index >= 15 is 0 Å². The van der Waals surface area contributed by atoms with Crippen molar-refractivity contribution in [2.75, 3.05) is 20.3 Å². The highest BCUT2D eigenvalue weighted by Gasteiger charge is 2.15. The second kappa shape index (κ2) is 7.60. The van der Waals surface area contributed by atoms with E-state index in [9.17, 15) is 14.7 Å². The van der Waals surface area contributed by atoms with E-state index in [1.165, 1.54) is 0 Å². The van der Waals surface area contributed by atoms with Crippen LogP contribution in [0.15, 0.2) is 36.4 Å². The van der Waals surface area contributed by atoms with Gasteiger partial charge in [-0.05, 0) is 29.8 Å². The Labute approximate surface area is 134 Å². The first kappa shape index (κ1) is 16.8. The minimum Gasteiger partial charge on any atom is -0.483 e. The number of carbonyl (C=O) groups is 2. The Morgan fingerprint density at radius 2 is 1.87 bits per heavy atom. The third-order valence-corrected chi connectivity index (χ3v) is 3.26. The highest BCUT2D eigenvalue weighted by Crippen LogP contribution is 2.26. The SMILES string of the molecule is COCC(C)NC(=O)COc1cc2ccccc2cc1C(=O)O. The summed E-state index contributed by atoms with van der Waals surface area (Å²) in [4.78, 5) is 23.2. The van der Waals surface area contributed by atoms with Gasteiger partial charge >= 0.3 is 5.97 Å². The normalized spacial score (nSPS) is 11.9. The van der Waals surface area contributed by atoms with Crippen LogP contribution in [0.5, 0.6) is 5.75 Å². The maximum absolute atomic E-state index is 11.8. The molecule has 0 saturated carbocycles. The van der Waals surface area contributed by atoms with E-state index in [-0.39, 0.29) is 29.9 Å². The lowest BCUT2D eigenvalue weighted by Crippen LogP contribution is -2.38. The number of amides is 1. The molecule has 0 saturated heterocycles. The van der Waals surface area contributed by atoms with Gasteiger partial charge in [-0.25, -0.2) is 4.79 Å². The fraction of sp³-hybridized carbons (Fsp3) is 0.294. The summed E-state index contributed by atoms with van der Waals surface area (Å²) in [7, 11) is 1.55. The number of hydrogen-bond acceptors (Lipinski definition) is 4. The standard InChI is InChI=1S/C17H19NO5/c1-11(9-22-2)18-16(19)10-23-15-8-13-6-4-3-5-12(13)7-14(15)17(20)21/h3-8,11H,9-10H2,1-2H3,(H,18,19)(H,20,21). The Hall–Kier alpha value is -2.60. The van der Waals surface area contributed by atoms with E-state index < -0.39 is 5.97 Å². The predicted molar refractivity (Wildman–Crippen MR) is 85.9 cm³/mol. The van der Waals surface area contributed by atoms with Crippen LogP contribution >= 0.6 is 0 Å². The molecule has 2 aromatic carbocycles. The molecule has 1 unspecified atom stereocenters. The fourth-order valence-corrected chi connectivity index (χ4v) is 2.26. The average Bonchev–Trinajstić information content (AvgIpc) is 2.52. The van der Waals surface area contributed by atoms with Crippen LogP contribution < -0.4 is 10.1 Å². The summed E-state index contributed by atoms with van der Waals surface area (Å²) in [6.45, 7) is 1.94. The number of rotatable bonds is 7. The number of aromatic carboxylic acids is 1. The van der Waals surface area contributed by atoms with Crippen molar-refractivity contribution >= 4 is 22.6 Å². The zero-order valence-electron chi connectivity index (χ0n) is 13.0. The van der Waals surface area contributed by atoms with Crippen LogP contribution in [0.4, 0.5) is 0 Å². The molecule has 2 aromatic rings. The van der Waals surface area contributed by atoms with Gasteiger partial charge in [0.2, 0.25) is 0 Å². The molecule has 0 fully saturated rings. The zero-order chi connectivity index (χ0) is 16.8. The Balaban J connectivity index is 2.13. The van der Waals surface area contributed by atoms with Gasteiger partial charge in [0.1, 0.15) is 11.3 Å². The summed E-state index contributed by atoms with van der Waals surface area (Å²) >= 11 is 0. The van der Waals surface area contributed by atoms with E-state index in [4.69, 9.17) is 9.47 Å². The maximum atomic E-state index is 11.8. The molecule has 1 atom stereocenters. The number of nitrogens with one attached hydrogen (secondary N) is 1. The van der Waals surface area contributed by atoms with Crippen molar-refractivity contribution in [3.8, 4) is 5.75 Å². The molecule has 2 rings (SSSR count). The first-order chi connectivity index (χ1) is 11.0. The number of carboxylic acid groups (broad SMARTS) is 1. The van der Waals surface area contributed by atoms with Crippen molar-refractivity contribution in [2.45, 2.75) is 13.0 Å². The maximum Gasteiger partial charge on any atom is 0.339 e. The molecule has 2 N–H and O–H groups in total. The predicted octanol–water partition coefficient (Wildman–Crippen LogP) is 2.07. The van der Waals surface area contributed by atoms with E-state index in [0.717, 1.165) is 10.8 Å². The quantitative estimate of drug-likeness (QED) is 0.816. The van der Waals surface area contributed by atoms with Crippen molar-refractivity contribution in [2.24, 2.45) is 0 Å². The number of ether oxygens (including phenoxy) is 2. The van der Waals surface area contributed by atoms with Crippen LogP contribution in [0, 0.1) is 0 Å². The highest BCUT2D eigenvalue weighted by molar-refractivity contribution is 5.97. The van der Waals surface area contributed by atoms with Crippen molar-refractivity contribution in [3.05, 3.63) is 42.0 Å².